The van der Waals surface area contributed by atoms with Crippen LogP contribution in [0.5, 0.6) is 0 Å². The third kappa shape index (κ3) is 4.63. The Balaban J connectivity index is 1.58. The lowest BCUT2D eigenvalue weighted by Crippen LogP contribution is -2.28. The Morgan fingerprint density at radius 3 is 3.21 bits per heavy atom. The maximum absolute atomic E-state index is 11.7. The summed E-state index contributed by atoms with van der Waals surface area (Å²) in [6, 6.07) is 0. The highest BCUT2D eigenvalue weighted by Crippen LogP contribution is 2.16. The van der Waals surface area contributed by atoms with Gasteiger partial charge in [0, 0.05) is 39.6 Å². The average Bonchev–Trinajstić information content (AvgIpc) is 2.83. The van der Waals surface area contributed by atoms with E-state index in [4.69, 9.17) is 4.74 Å². The quantitative estimate of drug-likeness (QED) is 0.822. The number of amides is 1. The van der Waals surface area contributed by atoms with Gasteiger partial charge in [0.1, 0.15) is 12.2 Å². The van der Waals surface area contributed by atoms with Crippen LogP contribution in [-0.2, 0) is 23.0 Å². The Hall–Kier alpha value is -1.43. The molecule has 1 aliphatic heterocycles. The van der Waals surface area contributed by atoms with Crippen LogP contribution in [0.4, 0.5) is 0 Å². The van der Waals surface area contributed by atoms with Crippen molar-refractivity contribution < 1.29 is 9.53 Å². The highest BCUT2D eigenvalue weighted by Gasteiger charge is 2.13. The molecule has 106 valence electrons. The Kier molecular flexibility index (Phi) is 5.32. The van der Waals surface area contributed by atoms with Gasteiger partial charge in [-0.05, 0) is 25.2 Å². The summed E-state index contributed by atoms with van der Waals surface area (Å²) < 4.78 is 7.26. The fourth-order valence-corrected chi connectivity index (χ4v) is 2.30. The predicted octanol–water partition coefficient (Wildman–Crippen LogP) is 0.681. The maximum Gasteiger partial charge on any atom is 0.220 e. The van der Waals surface area contributed by atoms with E-state index in [-0.39, 0.29) is 5.91 Å². The number of nitrogens with one attached hydrogen (secondary N) is 1. The normalized spacial score (nSPS) is 19.3. The van der Waals surface area contributed by atoms with E-state index in [0.29, 0.717) is 18.8 Å². The van der Waals surface area contributed by atoms with E-state index in [2.05, 4.69) is 15.5 Å². The molecule has 0 bridgehead atoms. The van der Waals surface area contributed by atoms with E-state index in [9.17, 15) is 4.79 Å². The van der Waals surface area contributed by atoms with Crippen molar-refractivity contribution in [1.82, 2.24) is 20.1 Å². The van der Waals surface area contributed by atoms with E-state index >= 15 is 0 Å². The van der Waals surface area contributed by atoms with Gasteiger partial charge in [-0.25, -0.2) is 0 Å². The largest absolute Gasteiger partial charge is 0.381 e. The first-order chi connectivity index (χ1) is 9.25. The zero-order chi connectivity index (χ0) is 13.5. The van der Waals surface area contributed by atoms with Gasteiger partial charge in [0.25, 0.3) is 0 Å². The molecule has 0 radical (unpaired) electrons. The number of rotatable bonds is 6. The summed E-state index contributed by atoms with van der Waals surface area (Å²) in [7, 11) is 1.89. The van der Waals surface area contributed by atoms with E-state index in [0.717, 1.165) is 38.4 Å². The van der Waals surface area contributed by atoms with Crippen molar-refractivity contribution in [2.75, 3.05) is 19.8 Å². The summed E-state index contributed by atoms with van der Waals surface area (Å²) in [5, 5.41) is 10.7. The van der Waals surface area contributed by atoms with Crippen LogP contribution in [0.25, 0.3) is 0 Å². The van der Waals surface area contributed by atoms with Crippen LogP contribution < -0.4 is 5.32 Å². The molecule has 1 amide bonds. The highest BCUT2D eigenvalue weighted by atomic mass is 16.5. The third-order valence-corrected chi connectivity index (χ3v) is 3.51. The summed E-state index contributed by atoms with van der Waals surface area (Å²) in [6.45, 7) is 2.47. The van der Waals surface area contributed by atoms with Crippen molar-refractivity contribution in [1.29, 1.82) is 0 Å². The van der Waals surface area contributed by atoms with Crippen molar-refractivity contribution in [2.45, 2.75) is 32.1 Å². The number of aryl methyl sites for hydroxylation is 2. The molecular formula is C13H22N4O2. The van der Waals surface area contributed by atoms with Crippen LogP contribution in [0, 0.1) is 5.92 Å². The van der Waals surface area contributed by atoms with Crippen LogP contribution >= 0.6 is 0 Å². The van der Waals surface area contributed by atoms with Crippen LogP contribution in [0.3, 0.4) is 0 Å². The molecule has 0 spiro atoms. The number of hydrogen-bond donors (Lipinski definition) is 1. The second kappa shape index (κ2) is 7.23. The van der Waals surface area contributed by atoms with Crippen molar-refractivity contribution in [2.24, 2.45) is 13.0 Å². The Labute approximate surface area is 113 Å². The summed E-state index contributed by atoms with van der Waals surface area (Å²) >= 11 is 0. The number of ether oxygens (including phenoxy) is 1. The molecule has 0 saturated carbocycles. The van der Waals surface area contributed by atoms with Gasteiger partial charge in [0.05, 0.1) is 0 Å². The number of hydrogen-bond acceptors (Lipinski definition) is 4. The summed E-state index contributed by atoms with van der Waals surface area (Å²) in [6.07, 6.45) is 6.12. The Morgan fingerprint density at radius 1 is 1.63 bits per heavy atom. The molecule has 2 rings (SSSR count). The second-order valence-electron chi connectivity index (χ2n) is 5.08. The van der Waals surface area contributed by atoms with Crippen LogP contribution in [0.1, 0.15) is 31.5 Å². The van der Waals surface area contributed by atoms with Crippen molar-refractivity contribution in [3.8, 4) is 0 Å². The third-order valence-electron chi connectivity index (χ3n) is 3.51. The van der Waals surface area contributed by atoms with Gasteiger partial charge in [-0.15, -0.1) is 10.2 Å². The molecule has 0 aromatic carbocycles. The van der Waals surface area contributed by atoms with Gasteiger partial charge in [-0.2, -0.15) is 0 Å². The topological polar surface area (TPSA) is 69.0 Å². The number of nitrogens with zero attached hydrogens (tertiary/aromatic N) is 3. The van der Waals surface area contributed by atoms with Gasteiger partial charge in [0.15, 0.2) is 0 Å². The highest BCUT2D eigenvalue weighted by molar-refractivity contribution is 5.75. The minimum atomic E-state index is 0.0831. The van der Waals surface area contributed by atoms with Gasteiger partial charge >= 0.3 is 0 Å². The lowest BCUT2D eigenvalue weighted by Gasteiger charge is -2.21. The second-order valence-corrected chi connectivity index (χ2v) is 5.08. The summed E-state index contributed by atoms with van der Waals surface area (Å²) in [4.78, 5) is 11.7. The van der Waals surface area contributed by atoms with E-state index < -0.39 is 0 Å². The fraction of sp³-hybridized carbons (Fsp3) is 0.769. The molecule has 6 heteroatoms. The first kappa shape index (κ1) is 14.0. The minimum Gasteiger partial charge on any atom is -0.381 e. The van der Waals surface area contributed by atoms with E-state index in [1.165, 1.54) is 6.42 Å². The maximum atomic E-state index is 11.7. The number of aromatic nitrogens is 3. The van der Waals surface area contributed by atoms with Gasteiger partial charge in [-0.1, -0.05) is 0 Å². The lowest BCUT2D eigenvalue weighted by atomic mass is 9.99. The van der Waals surface area contributed by atoms with Gasteiger partial charge < -0.3 is 14.6 Å². The van der Waals surface area contributed by atoms with E-state index in [1.807, 2.05) is 11.6 Å². The zero-order valence-corrected chi connectivity index (χ0v) is 11.5. The first-order valence-electron chi connectivity index (χ1n) is 6.93. The molecule has 1 fully saturated rings. The zero-order valence-electron chi connectivity index (χ0n) is 11.5. The molecule has 1 saturated heterocycles. The lowest BCUT2D eigenvalue weighted by molar-refractivity contribution is -0.121. The summed E-state index contributed by atoms with van der Waals surface area (Å²) in [5.74, 6) is 1.53. The van der Waals surface area contributed by atoms with Crippen molar-refractivity contribution in [3.63, 3.8) is 0 Å². The van der Waals surface area contributed by atoms with Crippen LogP contribution in [-0.4, -0.2) is 40.4 Å². The number of carbonyl (C=O) groups is 1. The molecule has 1 atom stereocenters. The minimum absolute atomic E-state index is 0.0831. The summed E-state index contributed by atoms with van der Waals surface area (Å²) in [5.41, 5.74) is 0. The monoisotopic (exact) mass is 266 g/mol. The van der Waals surface area contributed by atoms with Crippen molar-refractivity contribution >= 4 is 5.91 Å². The molecule has 0 aliphatic carbocycles. The fourth-order valence-electron chi connectivity index (χ4n) is 2.30. The smallest absolute Gasteiger partial charge is 0.220 e. The van der Waals surface area contributed by atoms with E-state index in [1.54, 1.807) is 6.33 Å². The molecule has 19 heavy (non-hydrogen) atoms. The standard InChI is InChI=1S/C13H22N4O2/c1-17-10-15-16-12(17)4-5-13(18)14-7-6-11-3-2-8-19-9-11/h10-11H,2-9H2,1H3,(H,14,18)/t11-/m1/s1. The first-order valence-corrected chi connectivity index (χ1v) is 6.93. The molecule has 1 aliphatic rings. The SMILES string of the molecule is Cn1cnnc1CCC(=O)NCC[C@H]1CCCOC1. The average molecular weight is 266 g/mol. The Bertz CT molecular complexity index is 399. The molecule has 0 unspecified atom stereocenters. The molecule has 1 N–H and O–H groups in total. The van der Waals surface area contributed by atoms with Gasteiger partial charge in [0.2, 0.25) is 5.91 Å². The molecule has 1 aromatic rings. The molecule has 6 nitrogen and oxygen atoms in total. The Morgan fingerprint density at radius 2 is 2.53 bits per heavy atom. The van der Waals surface area contributed by atoms with Crippen LogP contribution in [0.2, 0.25) is 0 Å². The predicted molar refractivity (Wildman–Crippen MR) is 70.5 cm³/mol. The van der Waals surface area contributed by atoms with Gasteiger partial charge in [-0.3, -0.25) is 4.79 Å². The molecule has 2 heterocycles. The molecule has 1 aromatic heterocycles. The number of carbonyl (C=O) groups excluding carboxylic acids is 1. The van der Waals surface area contributed by atoms with Crippen LogP contribution in [0.15, 0.2) is 6.33 Å². The van der Waals surface area contributed by atoms with Crippen molar-refractivity contribution in [3.05, 3.63) is 12.2 Å². The molecular weight excluding hydrogens is 244 g/mol.